The third-order valence-electron chi connectivity index (χ3n) is 4.99. The molecule has 2 atom stereocenters. The Balaban J connectivity index is 2.10. The summed E-state index contributed by atoms with van der Waals surface area (Å²) in [6, 6.07) is 9.14. The molecule has 10 heteroatoms. The van der Waals surface area contributed by atoms with Crippen molar-refractivity contribution >= 4 is 28.2 Å². The number of halogens is 3. The number of benzene rings is 1. The summed E-state index contributed by atoms with van der Waals surface area (Å²) in [7, 11) is 1.33. The van der Waals surface area contributed by atoms with Gasteiger partial charge in [-0.15, -0.1) is 10.2 Å². The summed E-state index contributed by atoms with van der Waals surface area (Å²) in [4.78, 5) is 26.0. The standard InChI is InChI=1S/C22H27F3N4O2S/c1-14(2)19(26)17(30)13-16(10-9-15-7-5-4-6-8-15)11-12-18(31)29(3)21-28-27-20(32-21)22(23,24)25/h4-8,11-12,14,16,19H,9-10,13,26H2,1-3H3/b12-11+/t16-,19-/m0/s1. The predicted molar refractivity (Wildman–Crippen MR) is 118 cm³/mol. The number of carbonyl (C=O) groups excluding carboxylic acids is 2. The molecule has 0 aliphatic heterocycles. The Hall–Kier alpha value is -2.59. The van der Waals surface area contributed by atoms with Crippen LogP contribution in [0.2, 0.25) is 0 Å². The maximum atomic E-state index is 12.7. The van der Waals surface area contributed by atoms with E-state index in [2.05, 4.69) is 10.2 Å². The summed E-state index contributed by atoms with van der Waals surface area (Å²) < 4.78 is 38.2. The first-order valence-electron chi connectivity index (χ1n) is 10.2. The zero-order chi connectivity index (χ0) is 23.9. The Bertz CT molecular complexity index is 929. The largest absolute Gasteiger partial charge is 0.445 e. The fourth-order valence-corrected chi connectivity index (χ4v) is 3.60. The van der Waals surface area contributed by atoms with E-state index in [0.717, 1.165) is 10.5 Å². The minimum Gasteiger partial charge on any atom is -0.321 e. The van der Waals surface area contributed by atoms with Crippen LogP contribution in [-0.2, 0) is 22.2 Å². The summed E-state index contributed by atoms with van der Waals surface area (Å²) >= 11 is 0.289. The van der Waals surface area contributed by atoms with Crippen LogP contribution in [0.4, 0.5) is 18.3 Å². The molecule has 174 valence electrons. The number of likely N-dealkylation sites (N-methyl/N-ethyl adjacent to an activating group) is 1. The topological polar surface area (TPSA) is 89.2 Å². The Labute approximate surface area is 189 Å². The number of rotatable bonds is 10. The van der Waals surface area contributed by atoms with E-state index in [4.69, 9.17) is 5.73 Å². The summed E-state index contributed by atoms with van der Waals surface area (Å²) in [5.74, 6) is -0.901. The molecule has 0 aliphatic carbocycles. The Kier molecular flexibility index (Phi) is 9.09. The molecule has 0 spiro atoms. The van der Waals surface area contributed by atoms with E-state index in [1.807, 2.05) is 44.2 Å². The summed E-state index contributed by atoms with van der Waals surface area (Å²) in [6.45, 7) is 3.74. The van der Waals surface area contributed by atoms with Crippen LogP contribution in [0.1, 0.15) is 37.3 Å². The van der Waals surface area contributed by atoms with Crippen molar-refractivity contribution in [2.75, 3.05) is 11.9 Å². The van der Waals surface area contributed by atoms with Gasteiger partial charge < -0.3 is 5.73 Å². The average molecular weight is 469 g/mol. The van der Waals surface area contributed by atoms with E-state index >= 15 is 0 Å². The molecule has 2 aromatic rings. The van der Waals surface area contributed by atoms with Crippen molar-refractivity contribution in [1.29, 1.82) is 0 Å². The number of ketones is 1. The van der Waals surface area contributed by atoms with Gasteiger partial charge in [0.05, 0.1) is 6.04 Å². The molecule has 0 bridgehead atoms. The van der Waals surface area contributed by atoms with Crippen molar-refractivity contribution in [3.05, 3.63) is 53.1 Å². The van der Waals surface area contributed by atoms with Gasteiger partial charge in [0.2, 0.25) is 10.1 Å². The molecule has 0 fully saturated rings. The van der Waals surface area contributed by atoms with Gasteiger partial charge in [0, 0.05) is 13.5 Å². The molecule has 0 aliphatic rings. The molecular formula is C22H27F3N4O2S. The number of carbonyl (C=O) groups is 2. The van der Waals surface area contributed by atoms with Crippen molar-refractivity contribution in [2.24, 2.45) is 17.6 Å². The number of aryl methyl sites for hydroxylation is 1. The Morgan fingerprint density at radius 2 is 1.84 bits per heavy atom. The van der Waals surface area contributed by atoms with Gasteiger partial charge >= 0.3 is 6.18 Å². The lowest BCUT2D eigenvalue weighted by atomic mass is 9.89. The first-order valence-corrected chi connectivity index (χ1v) is 11.0. The summed E-state index contributed by atoms with van der Waals surface area (Å²) in [6.07, 6.45) is -0.234. The molecule has 1 heterocycles. The summed E-state index contributed by atoms with van der Waals surface area (Å²) in [5.41, 5.74) is 7.08. The number of hydrogen-bond donors (Lipinski definition) is 1. The molecule has 0 radical (unpaired) electrons. The van der Waals surface area contributed by atoms with Gasteiger partial charge in [-0.1, -0.05) is 61.6 Å². The molecule has 0 unspecified atom stereocenters. The third kappa shape index (κ3) is 7.52. The fourth-order valence-electron chi connectivity index (χ4n) is 2.92. The molecule has 0 saturated carbocycles. The number of amides is 1. The number of alkyl halides is 3. The van der Waals surface area contributed by atoms with Crippen molar-refractivity contribution < 1.29 is 22.8 Å². The monoisotopic (exact) mass is 468 g/mol. The highest BCUT2D eigenvalue weighted by atomic mass is 32.1. The molecule has 1 amide bonds. The van der Waals surface area contributed by atoms with Crippen LogP contribution in [0.3, 0.4) is 0 Å². The number of nitrogens with zero attached hydrogens (tertiary/aromatic N) is 3. The van der Waals surface area contributed by atoms with Crippen LogP contribution in [0.5, 0.6) is 0 Å². The number of aromatic nitrogens is 2. The molecular weight excluding hydrogens is 441 g/mol. The Morgan fingerprint density at radius 1 is 1.19 bits per heavy atom. The number of Topliss-reactive ketones (excluding diaryl/α,β-unsaturated/α-hetero) is 1. The zero-order valence-corrected chi connectivity index (χ0v) is 19.0. The highest BCUT2D eigenvalue weighted by molar-refractivity contribution is 7.15. The molecule has 2 rings (SSSR count). The zero-order valence-electron chi connectivity index (χ0n) is 18.2. The van der Waals surface area contributed by atoms with Gasteiger partial charge in [0.1, 0.15) is 5.78 Å². The van der Waals surface area contributed by atoms with Gasteiger partial charge in [-0.25, -0.2) is 0 Å². The van der Waals surface area contributed by atoms with Gasteiger partial charge in [-0.3, -0.25) is 14.5 Å². The van der Waals surface area contributed by atoms with E-state index in [-0.39, 0.29) is 40.5 Å². The van der Waals surface area contributed by atoms with E-state index in [0.29, 0.717) is 12.8 Å². The van der Waals surface area contributed by atoms with E-state index in [1.54, 1.807) is 6.08 Å². The SMILES string of the molecule is CC(C)[C@H](N)C(=O)C[C@H](/C=C/C(=O)N(C)c1nnc(C(F)(F)F)s1)CCc1ccccc1. The van der Waals surface area contributed by atoms with Crippen molar-refractivity contribution in [2.45, 2.75) is 45.3 Å². The van der Waals surface area contributed by atoms with E-state index < -0.39 is 23.1 Å². The minimum absolute atomic E-state index is 0.00532. The second-order valence-corrected chi connectivity index (χ2v) is 8.82. The van der Waals surface area contributed by atoms with Crippen LogP contribution in [-0.4, -0.2) is 35.0 Å². The lowest BCUT2D eigenvalue weighted by Crippen LogP contribution is -2.36. The van der Waals surface area contributed by atoms with Crippen LogP contribution < -0.4 is 10.6 Å². The molecule has 6 nitrogen and oxygen atoms in total. The minimum atomic E-state index is -4.62. The number of hydrogen-bond acceptors (Lipinski definition) is 6. The van der Waals surface area contributed by atoms with Crippen LogP contribution in [0.25, 0.3) is 0 Å². The van der Waals surface area contributed by atoms with Gasteiger partial charge in [-0.05, 0) is 36.3 Å². The molecule has 1 aromatic carbocycles. The highest BCUT2D eigenvalue weighted by Gasteiger charge is 2.36. The van der Waals surface area contributed by atoms with Gasteiger partial charge in [0.25, 0.3) is 5.91 Å². The molecule has 2 N–H and O–H groups in total. The second kappa shape index (κ2) is 11.3. The van der Waals surface area contributed by atoms with E-state index in [9.17, 15) is 22.8 Å². The number of nitrogens with two attached hydrogens (primary N) is 1. The van der Waals surface area contributed by atoms with Crippen molar-refractivity contribution in [1.82, 2.24) is 10.2 Å². The lowest BCUT2D eigenvalue weighted by Gasteiger charge is -2.18. The second-order valence-electron chi connectivity index (χ2n) is 7.87. The maximum absolute atomic E-state index is 12.7. The first-order chi connectivity index (χ1) is 15.0. The van der Waals surface area contributed by atoms with Crippen molar-refractivity contribution in [3.63, 3.8) is 0 Å². The molecule has 32 heavy (non-hydrogen) atoms. The Morgan fingerprint density at radius 3 is 2.41 bits per heavy atom. The van der Waals surface area contributed by atoms with Crippen LogP contribution >= 0.6 is 11.3 Å². The number of allylic oxidation sites excluding steroid dienone is 1. The van der Waals surface area contributed by atoms with E-state index in [1.165, 1.54) is 13.1 Å². The van der Waals surface area contributed by atoms with Crippen molar-refractivity contribution in [3.8, 4) is 0 Å². The third-order valence-corrected chi connectivity index (χ3v) is 6.03. The quantitative estimate of drug-likeness (QED) is 0.526. The molecule has 0 saturated heterocycles. The predicted octanol–water partition coefficient (Wildman–Crippen LogP) is 4.27. The summed E-state index contributed by atoms with van der Waals surface area (Å²) in [5, 5.41) is 5.26. The first kappa shape index (κ1) is 25.7. The van der Waals surface area contributed by atoms with Gasteiger partial charge in [0.15, 0.2) is 0 Å². The van der Waals surface area contributed by atoms with Gasteiger partial charge in [-0.2, -0.15) is 13.2 Å². The average Bonchev–Trinajstić information content (AvgIpc) is 3.25. The fraction of sp³-hybridized carbons (Fsp3) is 0.455. The molecule has 1 aromatic heterocycles. The van der Waals surface area contributed by atoms with Crippen LogP contribution in [0, 0.1) is 11.8 Å². The lowest BCUT2D eigenvalue weighted by molar-refractivity contribution is -0.138. The maximum Gasteiger partial charge on any atom is 0.445 e. The van der Waals surface area contributed by atoms with Crippen LogP contribution in [0.15, 0.2) is 42.5 Å². The highest BCUT2D eigenvalue weighted by Crippen LogP contribution is 2.34. The smallest absolute Gasteiger partial charge is 0.321 e. The normalized spacial score (nSPS) is 14.0. The number of anilines is 1.